The fourth-order valence-corrected chi connectivity index (χ4v) is 1.26. The minimum Gasteiger partial charge on any atom is -0.387 e. The maximum Gasteiger partial charge on any atom is 0.241 e. The highest BCUT2D eigenvalue weighted by atomic mass is 16.3. The van der Waals surface area contributed by atoms with Gasteiger partial charge in [-0.3, -0.25) is 9.48 Å². The van der Waals surface area contributed by atoms with Gasteiger partial charge in [-0.2, -0.15) is 5.10 Å². The number of carbonyl (C=O) groups is 1. The van der Waals surface area contributed by atoms with Crippen molar-refractivity contribution in [1.29, 1.82) is 0 Å². The molecule has 1 aromatic heterocycles. The summed E-state index contributed by atoms with van der Waals surface area (Å²) in [5.74, 6) is -0.0606. The van der Waals surface area contributed by atoms with E-state index >= 15 is 0 Å². The number of rotatable bonds is 5. The van der Waals surface area contributed by atoms with Crippen molar-refractivity contribution < 1.29 is 9.90 Å². The molecule has 0 spiro atoms. The molecular formula is C11H19N3O2. The molecule has 0 aliphatic heterocycles. The van der Waals surface area contributed by atoms with Crippen LogP contribution in [0.3, 0.4) is 0 Å². The Bertz CT molecular complexity index is 347. The molecule has 0 bridgehead atoms. The zero-order valence-corrected chi connectivity index (χ0v) is 9.97. The lowest BCUT2D eigenvalue weighted by Gasteiger charge is -2.11. The fraction of sp³-hybridized carbons (Fsp3) is 0.636. The van der Waals surface area contributed by atoms with Crippen molar-refractivity contribution in [1.82, 2.24) is 15.1 Å². The van der Waals surface area contributed by atoms with E-state index < -0.39 is 6.10 Å². The second kappa shape index (κ2) is 5.65. The monoisotopic (exact) mass is 225 g/mol. The molecule has 0 unspecified atom stereocenters. The molecule has 0 aromatic carbocycles. The van der Waals surface area contributed by atoms with E-state index in [-0.39, 0.29) is 18.5 Å². The standard InChI is InChI=1S/C11H19N3O2/c1-4-8(2)12-11(16)7-14-6-5-10(13-14)9(3)15/h5-6,8-9,15H,4,7H2,1-3H3,(H,12,16)/t8-,9+/m0/s1. The van der Waals surface area contributed by atoms with Crippen molar-refractivity contribution in [3.63, 3.8) is 0 Å². The van der Waals surface area contributed by atoms with Gasteiger partial charge in [0.05, 0.1) is 11.8 Å². The topological polar surface area (TPSA) is 67.2 Å². The molecule has 0 saturated heterocycles. The molecule has 2 atom stereocenters. The molecule has 90 valence electrons. The Morgan fingerprint density at radius 1 is 1.62 bits per heavy atom. The fourth-order valence-electron chi connectivity index (χ4n) is 1.26. The summed E-state index contributed by atoms with van der Waals surface area (Å²) in [5.41, 5.74) is 0.580. The predicted octanol–water partition coefficient (Wildman–Crippen LogP) is 0.851. The molecule has 0 saturated carbocycles. The molecule has 0 radical (unpaired) electrons. The Kier molecular flexibility index (Phi) is 4.49. The molecule has 1 amide bonds. The Morgan fingerprint density at radius 2 is 2.31 bits per heavy atom. The van der Waals surface area contributed by atoms with Gasteiger partial charge in [0.2, 0.25) is 5.91 Å². The van der Waals surface area contributed by atoms with Gasteiger partial charge in [-0.25, -0.2) is 0 Å². The van der Waals surface area contributed by atoms with Crippen molar-refractivity contribution in [3.05, 3.63) is 18.0 Å². The van der Waals surface area contributed by atoms with Crippen molar-refractivity contribution in [2.24, 2.45) is 0 Å². The van der Waals surface area contributed by atoms with Crippen molar-refractivity contribution >= 4 is 5.91 Å². The van der Waals surface area contributed by atoms with Gasteiger partial charge in [0.15, 0.2) is 0 Å². The Balaban J connectivity index is 2.50. The lowest BCUT2D eigenvalue weighted by molar-refractivity contribution is -0.122. The summed E-state index contributed by atoms with van der Waals surface area (Å²) in [6, 6.07) is 1.89. The van der Waals surface area contributed by atoms with Crippen LogP contribution >= 0.6 is 0 Å². The number of carbonyl (C=O) groups excluding carboxylic acids is 1. The van der Waals surface area contributed by atoms with E-state index in [0.29, 0.717) is 5.69 Å². The Hall–Kier alpha value is -1.36. The third-order valence-electron chi connectivity index (χ3n) is 2.41. The maximum atomic E-state index is 11.5. The lowest BCUT2D eigenvalue weighted by Crippen LogP contribution is -2.34. The molecule has 1 rings (SSSR count). The second-order valence-electron chi connectivity index (χ2n) is 3.99. The average molecular weight is 225 g/mol. The summed E-state index contributed by atoms with van der Waals surface area (Å²) >= 11 is 0. The van der Waals surface area contributed by atoms with Crippen LogP contribution in [0.5, 0.6) is 0 Å². The number of nitrogens with zero attached hydrogens (tertiary/aromatic N) is 2. The molecule has 0 aliphatic carbocycles. The number of hydrogen-bond donors (Lipinski definition) is 2. The first-order valence-corrected chi connectivity index (χ1v) is 5.53. The van der Waals surface area contributed by atoms with E-state index in [4.69, 9.17) is 0 Å². The van der Waals surface area contributed by atoms with Crippen LogP contribution < -0.4 is 5.32 Å². The highest BCUT2D eigenvalue weighted by molar-refractivity contribution is 5.75. The second-order valence-corrected chi connectivity index (χ2v) is 3.99. The molecule has 5 nitrogen and oxygen atoms in total. The van der Waals surface area contributed by atoms with Gasteiger partial charge >= 0.3 is 0 Å². The number of aromatic nitrogens is 2. The minimum atomic E-state index is -0.598. The van der Waals surface area contributed by atoms with Gasteiger partial charge in [-0.1, -0.05) is 6.92 Å². The summed E-state index contributed by atoms with van der Waals surface area (Å²) in [6.07, 6.45) is 2.00. The van der Waals surface area contributed by atoms with E-state index in [2.05, 4.69) is 10.4 Å². The molecular weight excluding hydrogens is 206 g/mol. The summed E-state index contributed by atoms with van der Waals surface area (Å²) in [5, 5.41) is 16.2. The predicted molar refractivity (Wildman–Crippen MR) is 60.8 cm³/mol. The van der Waals surface area contributed by atoms with Crippen LogP contribution in [0, 0.1) is 0 Å². The number of aliphatic hydroxyl groups is 1. The van der Waals surface area contributed by atoms with E-state index in [0.717, 1.165) is 6.42 Å². The summed E-state index contributed by atoms with van der Waals surface area (Å²) in [4.78, 5) is 11.5. The SMILES string of the molecule is CC[C@H](C)NC(=O)Cn1ccc([C@@H](C)O)n1. The Labute approximate surface area is 95.5 Å². The molecule has 5 heteroatoms. The van der Waals surface area contributed by atoms with Gasteiger partial charge in [0.1, 0.15) is 6.54 Å². The molecule has 1 aromatic rings. The quantitative estimate of drug-likeness (QED) is 0.780. The van der Waals surface area contributed by atoms with Gasteiger partial charge < -0.3 is 10.4 Å². The summed E-state index contributed by atoms with van der Waals surface area (Å²) in [6.45, 7) is 5.82. The third-order valence-corrected chi connectivity index (χ3v) is 2.41. The molecule has 1 heterocycles. The average Bonchev–Trinajstić information content (AvgIpc) is 2.65. The molecule has 2 N–H and O–H groups in total. The first-order valence-electron chi connectivity index (χ1n) is 5.53. The van der Waals surface area contributed by atoms with Crippen molar-refractivity contribution in [3.8, 4) is 0 Å². The minimum absolute atomic E-state index is 0.0606. The lowest BCUT2D eigenvalue weighted by atomic mass is 10.2. The van der Waals surface area contributed by atoms with Gasteiger partial charge in [0, 0.05) is 12.2 Å². The smallest absolute Gasteiger partial charge is 0.241 e. The number of nitrogens with one attached hydrogen (secondary N) is 1. The third kappa shape index (κ3) is 3.66. The zero-order chi connectivity index (χ0) is 12.1. The maximum absolute atomic E-state index is 11.5. The van der Waals surface area contributed by atoms with Gasteiger partial charge in [-0.15, -0.1) is 0 Å². The van der Waals surface area contributed by atoms with E-state index in [9.17, 15) is 9.90 Å². The van der Waals surface area contributed by atoms with Crippen LogP contribution in [0.1, 0.15) is 39.0 Å². The zero-order valence-electron chi connectivity index (χ0n) is 9.97. The largest absolute Gasteiger partial charge is 0.387 e. The van der Waals surface area contributed by atoms with Crippen LogP contribution in [-0.2, 0) is 11.3 Å². The van der Waals surface area contributed by atoms with E-state index in [1.165, 1.54) is 4.68 Å². The van der Waals surface area contributed by atoms with E-state index in [1.54, 1.807) is 19.2 Å². The highest BCUT2D eigenvalue weighted by Gasteiger charge is 2.09. The highest BCUT2D eigenvalue weighted by Crippen LogP contribution is 2.07. The van der Waals surface area contributed by atoms with Gasteiger partial charge in [-0.05, 0) is 26.3 Å². The molecule has 0 fully saturated rings. The van der Waals surface area contributed by atoms with Gasteiger partial charge in [0.25, 0.3) is 0 Å². The molecule has 16 heavy (non-hydrogen) atoms. The summed E-state index contributed by atoms with van der Waals surface area (Å²) < 4.78 is 1.53. The first-order chi connectivity index (χ1) is 7.52. The Morgan fingerprint density at radius 3 is 2.81 bits per heavy atom. The summed E-state index contributed by atoms with van der Waals surface area (Å²) in [7, 11) is 0. The number of amides is 1. The number of aliphatic hydroxyl groups excluding tert-OH is 1. The van der Waals surface area contributed by atoms with E-state index in [1.807, 2.05) is 13.8 Å². The van der Waals surface area contributed by atoms with Crippen LogP contribution in [0.25, 0.3) is 0 Å². The van der Waals surface area contributed by atoms with Crippen LogP contribution in [-0.4, -0.2) is 26.8 Å². The molecule has 0 aliphatic rings. The van der Waals surface area contributed by atoms with Crippen LogP contribution in [0.15, 0.2) is 12.3 Å². The normalized spacial score (nSPS) is 14.5. The van der Waals surface area contributed by atoms with Crippen LogP contribution in [0.4, 0.5) is 0 Å². The van der Waals surface area contributed by atoms with Crippen molar-refractivity contribution in [2.75, 3.05) is 0 Å². The first kappa shape index (κ1) is 12.7. The number of hydrogen-bond acceptors (Lipinski definition) is 3. The van der Waals surface area contributed by atoms with Crippen LogP contribution in [0.2, 0.25) is 0 Å². The van der Waals surface area contributed by atoms with Crippen molar-refractivity contribution in [2.45, 2.75) is 45.9 Å².